The molecule has 4 heteroatoms. The van der Waals surface area contributed by atoms with Gasteiger partial charge in [-0.3, -0.25) is 0 Å². The normalized spacial score (nSPS) is 22.8. The number of hydrogen-bond acceptors (Lipinski definition) is 0. The Morgan fingerprint density at radius 3 is 1.64 bits per heavy atom. The Balaban J connectivity index is 1.68. The van der Waals surface area contributed by atoms with Crippen molar-refractivity contribution in [2.45, 2.75) is 99.3 Å². The van der Waals surface area contributed by atoms with Crippen molar-refractivity contribution < 1.29 is 9.15 Å². The lowest BCUT2D eigenvalue weighted by atomic mass is 9.96. The molecule has 8 heterocycles. The maximum atomic E-state index is 2.75. The van der Waals surface area contributed by atoms with Gasteiger partial charge in [0, 0.05) is 34.4 Å². The van der Waals surface area contributed by atoms with Gasteiger partial charge in [-0.1, -0.05) is 57.6 Å². The minimum Gasteiger partial charge on any atom is -0.199 e. The highest BCUT2D eigenvalue weighted by Crippen LogP contribution is 2.51. The number of rotatable bonds is 7. The van der Waals surface area contributed by atoms with Gasteiger partial charge in [-0.25, -0.2) is 0 Å². The molecule has 4 nitrogen and oxygen atoms in total. The average Bonchev–Trinajstić information content (AvgIpc) is 3.66. The van der Waals surface area contributed by atoms with Crippen molar-refractivity contribution in [2.75, 3.05) is 0 Å². The van der Waals surface area contributed by atoms with Crippen LogP contribution < -0.4 is 10.7 Å². The number of allylic oxidation sites excluding steroid dienone is 5. The van der Waals surface area contributed by atoms with E-state index in [9.17, 15) is 0 Å². The quantitative estimate of drug-likeness (QED) is 0.435. The van der Waals surface area contributed by atoms with Gasteiger partial charge in [0.1, 0.15) is 0 Å². The molecule has 8 rings (SSSR count). The summed E-state index contributed by atoms with van der Waals surface area (Å²) < 4.78 is 11.0. The fraction of sp³-hybridized carbons (Fsp3) is 0.429. The highest BCUT2D eigenvalue weighted by molar-refractivity contribution is 6.21. The Kier molecular flexibility index (Phi) is 4.59. The molecule has 0 amide bonds. The average molecular weight is 517 g/mol. The Morgan fingerprint density at radius 1 is 0.564 bits per heavy atom. The van der Waals surface area contributed by atoms with Crippen LogP contribution in [0.2, 0.25) is 0 Å². The summed E-state index contributed by atoms with van der Waals surface area (Å²) in [5.41, 5.74) is 19.0. The van der Waals surface area contributed by atoms with Crippen LogP contribution in [0.15, 0.2) is 45.8 Å². The minimum absolute atomic E-state index is 0.503. The summed E-state index contributed by atoms with van der Waals surface area (Å²) in [7, 11) is 0. The Morgan fingerprint density at radius 2 is 1.10 bits per heavy atom. The molecule has 0 fully saturated rings. The molecule has 0 unspecified atom stereocenters. The SMILES string of the molecule is CCC1=C(CC)C2=[N+]3C1=Cc1c(CC)cc4n1[C@@]31n3c(c(CC)c(CC)c3=C4)=CC3=[N+]1C(=C2)C(CC)=C3CC. The lowest BCUT2D eigenvalue weighted by Gasteiger charge is -2.38. The summed E-state index contributed by atoms with van der Waals surface area (Å²) in [5, 5.41) is 2.83. The molecule has 1 spiro atoms. The van der Waals surface area contributed by atoms with E-state index in [1.54, 1.807) is 0 Å². The second-order valence-corrected chi connectivity index (χ2v) is 11.7. The van der Waals surface area contributed by atoms with Crippen LogP contribution in [0, 0.1) is 0 Å². The molecular weight excluding hydrogens is 476 g/mol. The molecule has 0 saturated carbocycles. The molecule has 0 radical (unpaired) electrons. The van der Waals surface area contributed by atoms with Crippen LogP contribution in [0.25, 0.3) is 18.2 Å². The van der Waals surface area contributed by atoms with E-state index in [1.165, 1.54) is 83.9 Å². The van der Waals surface area contributed by atoms with Crippen LogP contribution in [-0.2, 0) is 25.2 Å². The summed E-state index contributed by atoms with van der Waals surface area (Å²) in [6, 6.07) is 2.49. The molecule has 0 aliphatic carbocycles. The second-order valence-electron chi connectivity index (χ2n) is 11.7. The monoisotopic (exact) mass is 516 g/mol. The van der Waals surface area contributed by atoms with Crippen LogP contribution in [0.1, 0.15) is 102 Å². The Labute approximate surface area is 231 Å². The van der Waals surface area contributed by atoms with E-state index >= 15 is 0 Å². The lowest BCUT2D eigenvalue weighted by Crippen LogP contribution is -2.70. The van der Waals surface area contributed by atoms with Gasteiger partial charge < -0.3 is 0 Å². The van der Waals surface area contributed by atoms with Crippen molar-refractivity contribution in [3.63, 3.8) is 0 Å². The van der Waals surface area contributed by atoms with E-state index in [0.717, 1.165) is 44.9 Å². The molecule has 0 N–H and O–H groups in total. The van der Waals surface area contributed by atoms with E-state index in [0.29, 0.717) is 0 Å². The molecule has 2 aromatic heterocycles. The van der Waals surface area contributed by atoms with Crippen molar-refractivity contribution in [3.8, 4) is 0 Å². The minimum atomic E-state index is -0.503. The van der Waals surface area contributed by atoms with Crippen molar-refractivity contribution in [1.29, 1.82) is 0 Å². The van der Waals surface area contributed by atoms with Gasteiger partial charge in [-0.05, 0) is 73.8 Å². The van der Waals surface area contributed by atoms with Gasteiger partial charge in [-0.15, -0.1) is 0 Å². The first kappa shape index (κ1) is 23.5. The molecule has 6 aliphatic heterocycles. The fourth-order valence-corrected chi connectivity index (χ4v) is 8.98. The predicted molar refractivity (Wildman–Crippen MR) is 159 cm³/mol. The zero-order valence-corrected chi connectivity index (χ0v) is 24.6. The molecule has 0 aromatic carbocycles. The summed E-state index contributed by atoms with van der Waals surface area (Å²) in [6.45, 7) is 16.4. The van der Waals surface area contributed by atoms with Crippen molar-refractivity contribution in [2.24, 2.45) is 0 Å². The van der Waals surface area contributed by atoms with Crippen molar-refractivity contribution in [1.82, 2.24) is 9.13 Å². The summed E-state index contributed by atoms with van der Waals surface area (Å²) >= 11 is 0. The summed E-state index contributed by atoms with van der Waals surface area (Å²) in [6.07, 6.45) is 17.5. The van der Waals surface area contributed by atoms with E-state index in [-0.39, 0.29) is 0 Å². The molecule has 2 aromatic rings. The van der Waals surface area contributed by atoms with Crippen molar-refractivity contribution >= 4 is 29.7 Å². The van der Waals surface area contributed by atoms with Gasteiger partial charge in [0.05, 0.1) is 28.2 Å². The van der Waals surface area contributed by atoms with E-state index in [2.05, 4.69) is 97.1 Å². The third-order valence-electron chi connectivity index (χ3n) is 10.4. The van der Waals surface area contributed by atoms with Crippen LogP contribution >= 0.6 is 0 Å². The van der Waals surface area contributed by atoms with E-state index in [1.807, 2.05) is 0 Å². The topological polar surface area (TPSA) is 15.9 Å². The van der Waals surface area contributed by atoms with Gasteiger partial charge >= 0.3 is 5.91 Å². The Hall–Kier alpha value is -3.40. The van der Waals surface area contributed by atoms with Gasteiger partial charge in [0.2, 0.25) is 22.8 Å². The maximum absolute atomic E-state index is 2.75. The smallest absolute Gasteiger partial charge is 0.199 e. The number of aromatic nitrogens is 2. The largest absolute Gasteiger partial charge is 0.553 e. The van der Waals surface area contributed by atoms with E-state index < -0.39 is 5.91 Å². The third kappa shape index (κ3) is 2.29. The fourth-order valence-electron chi connectivity index (χ4n) is 8.98. The van der Waals surface area contributed by atoms with Gasteiger partial charge in [-0.2, -0.15) is 9.13 Å². The third-order valence-corrected chi connectivity index (χ3v) is 10.4. The number of aryl methyl sites for hydroxylation is 1. The predicted octanol–water partition coefficient (Wildman–Crippen LogP) is 5.45. The van der Waals surface area contributed by atoms with Crippen LogP contribution in [0.4, 0.5) is 0 Å². The standard InChI is InChI=1S/C35H40N4/c1-8-20-15-21-16-29-22(9-2)23(10-3)31-18-33-26(13-6)27(14-7)34-19-32-25(12-5)24(11-4)30-17-28(20)36(21)35(37(29)31,38(30)32)39(33)34/h15-19H,8-14H2,1-7H3/q+2/t35-/m1/s1. The second kappa shape index (κ2) is 7.62. The molecule has 0 bridgehead atoms. The molecule has 0 saturated heterocycles. The van der Waals surface area contributed by atoms with Crippen molar-refractivity contribution in [3.05, 3.63) is 84.6 Å². The maximum Gasteiger partial charge on any atom is 0.553 e. The highest BCUT2D eigenvalue weighted by atomic mass is 15.6. The lowest BCUT2D eigenvalue weighted by molar-refractivity contribution is -0.837. The molecule has 1 atom stereocenters. The molecule has 6 aliphatic rings. The van der Waals surface area contributed by atoms with Gasteiger partial charge in [0.15, 0.2) is 0 Å². The van der Waals surface area contributed by atoms with E-state index in [4.69, 9.17) is 0 Å². The first-order valence-corrected chi connectivity index (χ1v) is 15.5. The zero-order chi connectivity index (χ0) is 27.0. The number of hydrogen-bond donors (Lipinski definition) is 0. The summed E-state index contributed by atoms with van der Waals surface area (Å²) in [4.78, 5) is 0. The van der Waals surface area contributed by atoms with Crippen LogP contribution in [-0.4, -0.2) is 29.7 Å². The molecule has 198 valence electrons. The number of nitrogens with zero attached hydrogens (tertiary/aromatic N) is 4. The van der Waals surface area contributed by atoms with Crippen LogP contribution in [0.3, 0.4) is 0 Å². The highest BCUT2D eigenvalue weighted by Gasteiger charge is 2.72. The summed E-state index contributed by atoms with van der Waals surface area (Å²) in [5.74, 6) is -0.503. The first-order valence-electron chi connectivity index (χ1n) is 15.5. The van der Waals surface area contributed by atoms with Gasteiger partial charge in [0.25, 0.3) is 0 Å². The van der Waals surface area contributed by atoms with Crippen LogP contribution in [0.5, 0.6) is 0 Å². The molecular formula is C35H40N4+2. The first-order chi connectivity index (χ1) is 19.0. The Bertz CT molecular complexity index is 1880. The zero-order valence-electron chi connectivity index (χ0n) is 24.6. The molecule has 39 heavy (non-hydrogen) atoms.